The summed E-state index contributed by atoms with van der Waals surface area (Å²) in [6.07, 6.45) is 0.803. The van der Waals surface area contributed by atoms with Crippen LogP contribution in [0, 0.1) is 12.7 Å². The lowest BCUT2D eigenvalue weighted by atomic mass is 10.0. The number of anilines is 1. The topological polar surface area (TPSA) is 86.8 Å². The summed E-state index contributed by atoms with van der Waals surface area (Å²) in [7, 11) is -4.36. The van der Waals surface area contributed by atoms with E-state index in [9.17, 15) is 22.4 Å². The summed E-state index contributed by atoms with van der Waals surface area (Å²) >= 11 is 13.1. The molecule has 2 amide bonds. The third-order valence-corrected chi connectivity index (χ3v) is 10.2. The van der Waals surface area contributed by atoms with Crippen molar-refractivity contribution in [2.24, 2.45) is 0 Å². The fourth-order valence-corrected chi connectivity index (χ4v) is 6.75. The van der Waals surface area contributed by atoms with Gasteiger partial charge < -0.3 is 10.2 Å². The molecule has 0 heterocycles. The maximum atomic E-state index is 14.5. The van der Waals surface area contributed by atoms with Crippen molar-refractivity contribution in [2.45, 2.75) is 57.1 Å². The van der Waals surface area contributed by atoms with Crippen molar-refractivity contribution in [3.63, 3.8) is 0 Å². The van der Waals surface area contributed by atoms with E-state index < -0.39 is 40.2 Å². The van der Waals surface area contributed by atoms with E-state index in [1.54, 1.807) is 42.5 Å². The van der Waals surface area contributed by atoms with Gasteiger partial charge in [-0.1, -0.05) is 84.2 Å². The molecule has 0 saturated heterocycles. The SMILES string of the molecule is CC[C@@H](C)NC(=O)[C@H](Cc1ccccc1)N(Cc1c(Cl)cccc1Cl)C(=O)CN(c1ccc(C)cc1)S(=O)(=O)c1ccc(F)cc1. The first kappa shape index (κ1) is 34.9. The highest BCUT2D eigenvalue weighted by Crippen LogP contribution is 2.29. The van der Waals surface area contributed by atoms with Crippen LogP contribution in [0.3, 0.4) is 0 Å². The second-order valence-corrected chi connectivity index (χ2v) is 13.7. The van der Waals surface area contributed by atoms with E-state index in [1.807, 2.05) is 51.1 Å². The van der Waals surface area contributed by atoms with Crippen LogP contribution >= 0.6 is 23.2 Å². The minimum atomic E-state index is -4.36. The van der Waals surface area contributed by atoms with Gasteiger partial charge in [0.15, 0.2) is 0 Å². The van der Waals surface area contributed by atoms with Crippen LogP contribution in [0.2, 0.25) is 10.0 Å². The van der Waals surface area contributed by atoms with Gasteiger partial charge in [-0.05, 0) is 74.4 Å². The maximum absolute atomic E-state index is 14.5. The first-order valence-electron chi connectivity index (χ1n) is 14.8. The minimum Gasteiger partial charge on any atom is -0.352 e. The zero-order valence-corrected chi connectivity index (χ0v) is 28.1. The monoisotopic (exact) mass is 683 g/mol. The average molecular weight is 685 g/mol. The number of hydrogen-bond donors (Lipinski definition) is 1. The molecule has 0 fully saturated rings. The molecule has 11 heteroatoms. The van der Waals surface area contributed by atoms with Gasteiger partial charge in [-0.25, -0.2) is 12.8 Å². The van der Waals surface area contributed by atoms with Gasteiger partial charge in [-0.3, -0.25) is 13.9 Å². The quantitative estimate of drug-likeness (QED) is 0.162. The van der Waals surface area contributed by atoms with E-state index >= 15 is 0 Å². The Labute approximate surface area is 280 Å². The third-order valence-electron chi connectivity index (χ3n) is 7.66. The zero-order chi connectivity index (χ0) is 33.4. The summed E-state index contributed by atoms with van der Waals surface area (Å²) in [5.74, 6) is -1.67. The third kappa shape index (κ3) is 8.66. The van der Waals surface area contributed by atoms with E-state index in [2.05, 4.69) is 5.32 Å². The van der Waals surface area contributed by atoms with Gasteiger partial charge >= 0.3 is 0 Å². The number of carbonyl (C=O) groups excluding carboxylic acids is 2. The number of sulfonamides is 1. The van der Waals surface area contributed by atoms with Crippen molar-refractivity contribution in [2.75, 3.05) is 10.8 Å². The van der Waals surface area contributed by atoms with Crippen molar-refractivity contribution in [1.29, 1.82) is 0 Å². The summed E-state index contributed by atoms with van der Waals surface area (Å²) in [5.41, 5.74) is 2.32. The van der Waals surface area contributed by atoms with Crippen LogP contribution < -0.4 is 9.62 Å². The normalized spacial score (nSPS) is 12.7. The second kappa shape index (κ2) is 15.6. The molecular weight excluding hydrogens is 648 g/mol. The summed E-state index contributed by atoms with van der Waals surface area (Å²) < 4.78 is 42.8. The molecule has 0 saturated carbocycles. The molecular formula is C35H36Cl2FN3O4S. The molecule has 0 aliphatic rings. The van der Waals surface area contributed by atoms with Crippen LogP contribution in [0.1, 0.15) is 37.0 Å². The molecule has 0 unspecified atom stereocenters. The molecule has 4 rings (SSSR count). The number of carbonyl (C=O) groups is 2. The van der Waals surface area contributed by atoms with E-state index in [0.717, 1.165) is 39.7 Å². The van der Waals surface area contributed by atoms with Gasteiger partial charge in [0, 0.05) is 34.6 Å². The number of nitrogens with zero attached hydrogens (tertiary/aromatic N) is 2. The summed E-state index contributed by atoms with van der Waals surface area (Å²) in [4.78, 5) is 29.6. The Balaban J connectivity index is 1.84. The molecule has 2 atom stereocenters. The molecule has 0 radical (unpaired) electrons. The standard InChI is InChI=1S/C35H36Cl2FN3O4S/c1-4-25(3)39-35(43)33(21-26-9-6-5-7-10-26)40(22-30-31(36)11-8-12-32(30)37)34(42)23-41(28-17-13-24(2)14-18-28)46(44,45)29-19-15-27(38)16-20-29/h5-20,25,33H,4,21-23H2,1-3H3,(H,39,43)/t25-,33+/m1/s1. The predicted octanol–water partition coefficient (Wildman–Crippen LogP) is 7.19. The lowest BCUT2D eigenvalue weighted by Crippen LogP contribution is -2.54. The van der Waals surface area contributed by atoms with Crippen molar-refractivity contribution in [3.05, 3.63) is 130 Å². The Bertz CT molecular complexity index is 1740. The van der Waals surface area contributed by atoms with Gasteiger partial charge in [0.05, 0.1) is 10.6 Å². The lowest BCUT2D eigenvalue weighted by Gasteiger charge is -2.34. The number of halogens is 3. The van der Waals surface area contributed by atoms with Crippen LogP contribution in [-0.4, -0.2) is 43.8 Å². The Morgan fingerprint density at radius 2 is 1.48 bits per heavy atom. The average Bonchev–Trinajstić information content (AvgIpc) is 3.03. The van der Waals surface area contributed by atoms with Gasteiger partial charge in [0.2, 0.25) is 11.8 Å². The Hall–Kier alpha value is -3.92. The number of benzene rings is 4. The molecule has 4 aromatic carbocycles. The highest BCUT2D eigenvalue weighted by atomic mass is 35.5. The molecule has 0 aliphatic heterocycles. The molecule has 7 nitrogen and oxygen atoms in total. The smallest absolute Gasteiger partial charge is 0.264 e. The van der Waals surface area contributed by atoms with E-state index in [0.29, 0.717) is 22.0 Å². The molecule has 1 N–H and O–H groups in total. The summed E-state index contributed by atoms with van der Waals surface area (Å²) in [5, 5.41) is 3.57. The van der Waals surface area contributed by atoms with Gasteiger partial charge in [-0.15, -0.1) is 0 Å². The van der Waals surface area contributed by atoms with Gasteiger partial charge in [0.1, 0.15) is 18.4 Å². The highest BCUT2D eigenvalue weighted by Gasteiger charge is 2.35. The van der Waals surface area contributed by atoms with Crippen molar-refractivity contribution in [3.8, 4) is 0 Å². The zero-order valence-electron chi connectivity index (χ0n) is 25.8. The number of nitrogens with one attached hydrogen (secondary N) is 1. The molecule has 0 aliphatic carbocycles. The van der Waals surface area contributed by atoms with Gasteiger partial charge in [-0.2, -0.15) is 0 Å². The van der Waals surface area contributed by atoms with E-state index in [4.69, 9.17) is 23.2 Å². The molecule has 0 spiro atoms. The van der Waals surface area contributed by atoms with Crippen LogP contribution in [0.25, 0.3) is 0 Å². The maximum Gasteiger partial charge on any atom is 0.264 e. The second-order valence-electron chi connectivity index (χ2n) is 11.0. The summed E-state index contributed by atoms with van der Waals surface area (Å²) in [6.45, 7) is 4.83. The molecule has 0 bridgehead atoms. The highest BCUT2D eigenvalue weighted by molar-refractivity contribution is 7.92. The number of hydrogen-bond acceptors (Lipinski definition) is 4. The molecule has 4 aromatic rings. The summed E-state index contributed by atoms with van der Waals surface area (Å²) in [6, 6.07) is 24.0. The lowest BCUT2D eigenvalue weighted by molar-refractivity contribution is -0.140. The van der Waals surface area contributed by atoms with Crippen molar-refractivity contribution < 1.29 is 22.4 Å². The number of aryl methyl sites for hydroxylation is 1. The number of amides is 2. The molecule has 46 heavy (non-hydrogen) atoms. The largest absolute Gasteiger partial charge is 0.352 e. The van der Waals surface area contributed by atoms with Crippen LogP contribution in [0.4, 0.5) is 10.1 Å². The van der Waals surface area contributed by atoms with E-state index in [1.165, 1.54) is 4.90 Å². The molecule has 0 aromatic heterocycles. The van der Waals surface area contributed by atoms with Crippen molar-refractivity contribution in [1.82, 2.24) is 10.2 Å². The Morgan fingerprint density at radius 1 is 0.870 bits per heavy atom. The Morgan fingerprint density at radius 3 is 2.07 bits per heavy atom. The minimum absolute atomic E-state index is 0.145. The fourth-order valence-electron chi connectivity index (χ4n) is 4.82. The molecule has 242 valence electrons. The Kier molecular flexibility index (Phi) is 11.8. The van der Waals surface area contributed by atoms with Crippen LogP contribution in [0.5, 0.6) is 0 Å². The number of rotatable bonds is 13. The first-order valence-corrected chi connectivity index (χ1v) is 17.0. The van der Waals surface area contributed by atoms with Crippen molar-refractivity contribution >= 4 is 50.7 Å². The predicted molar refractivity (Wildman–Crippen MR) is 181 cm³/mol. The van der Waals surface area contributed by atoms with Crippen LogP contribution in [-0.2, 0) is 32.6 Å². The van der Waals surface area contributed by atoms with Crippen LogP contribution in [0.15, 0.2) is 102 Å². The fraction of sp³-hybridized carbons (Fsp3) is 0.257. The van der Waals surface area contributed by atoms with Gasteiger partial charge in [0.25, 0.3) is 10.0 Å². The van der Waals surface area contributed by atoms with E-state index in [-0.39, 0.29) is 29.6 Å². The first-order chi connectivity index (χ1) is 21.9.